The van der Waals surface area contributed by atoms with Crippen LogP contribution in [-0.2, 0) is 6.42 Å². The van der Waals surface area contributed by atoms with Gasteiger partial charge in [0.1, 0.15) is 11.5 Å². The molecule has 0 radical (unpaired) electrons. The molecule has 0 aliphatic heterocycles. The van der Waals surface area contributed by atoms with Gasteiger partial charge in [0.25, 0.3) is 0 Å². The summed E-state index contributed by atoms with van der Waals surface area (Å²) in [5, 5.41) is 13.1. The fourth-order valence-corrected chi connectivity index (χ4v) is 2.80. The Bertz CT molecular complexity index is 637. The predicted molar refractivity (Wildman–Crippen MR) is 80.5 cm³/mol. The van der Waals surface area contributed by atoms with E-state index in [4.69, 9.17) is 4.74 Å². The van der Waals surface area contributed by atoms with Crippen molar-refractivity contribution in [3.8, 4) is 11.5 Å². The van der Waals surface area contributed by atoms with E-state index in [1.807, 2.05) is 25.1 Å². The number of nitrogens with one attached hydrogen (secondary N) is 1. The van der Waals surface area contributed by atoms with Gasteiger partial charge in [-0.2, -0.15) is 0 Å². The van der Waals surface area contributed by atoms with Crippen LogP contribution in [0.1, 0.15) is 29.2 Å². The molecule has 3 rings (SSSR count). The van der Waals surface area contributed by atoms with Crippen LogP contribution in [0.4, 0.5) is 5.69 Å². The van der Waals surface area contributed by atoms with Crippen molar-refractivity contribution in [1.82, 2.24) is 0 Å². The van der Waals surface area contributed by atoms with E-state index in [1.165, 1.54) is 11.1 Å². The third-order valence-electron chi connectivity index (χ3n) is 3.97. The van der Waals surface area contributed by atoms with Gasteiger partial charge in [-0.05, 0) is 66.8 Å². The molecule has 2 N–H and O–H groups in total. The minimum Gasteiger partial charge on any atom is -0.508 e. The average molecular weight is 269 g/mol. The van der Waals surface area contributed by atoms with Gasteiger partial charge in [-0.25, -0.2) is 0 Å². The summed E-state index contributed by atoms with van der Waals surface area (Å²) in [6, 6.07) is 12.2. The summed E-state index contributed by atoms with van der Waals surface area (Å²) in [5.74, 6) is 1.24. The van der Waals surface area contributed by atoms with Crippen LogP contribution < -0.4 is 10.1 Å². The van der Waals surface area contributed by atoms with Crippen molar-refractivity contribution in [2.75, 3.05) is 12.4 Å². The topological polar surface area (TPSA) is 41.5 Å². The van der Waals surface area contributed by atoms with Gasteiger partial charge < -0.3 is 15.2 Å². The molecule has 0 bridgehead atoms. The van der Waals surface area contributed by atoms with Gasteiger partial charge >= 0.3 is 0 Å². The summed E-state index contributed by atoms with van der Waals surface area (Å²) < 4.78 is 5.31. The van der Waals surface area contributed by atoms with Gasteiger partial charge in [0.05, 0.1) is 13.2 Å². The quantitative estimate of drug-likeness (QED) is 0.833. The van der Waals surface area contributed by atoms with Crippen LogP contribution in [0, 0.1) is 6.92 Å². The van der Waals surface area contributed by atoms with Gasteiger partial charge in [-0.1, -0.05) is 6.07 Å². The van der Waals surface area contributed by atoms with E-state index in [2.05, 4.69) is 17.4 Å². The summed E-state index contributed by atoms with van der Waals surface area (Å²) in [5.41, 5.74) is 4.63. The fraction of sp³-hybridized carbons (Fsp3) is 0.294. The lowest BCUT2D eigenvalue weighted by Gasteiger charge is -2.17. The SMILES string of the molecule is COc1ccc2c(c1)C(Nc1ccc(O)c(C)c1)CC2. The monoisotopic (exact) mass is 269 g/mol. The number of rotatable bonds is 3. The summed E-state index contributed by atoms with van der Waals surface area (Å²) in [7, 11) is 1.70. The van der Waals surface area contributed by atoms with Crippen molar-refractivity contribution in [2.24, 2.45) is 0 Å². The number of phenolic OH excluding ortho intramolecular Hbond substituents is 1. The lowest BCUT2D eigenvalue weighted by molar-refractivity contribution is 0.414. The third kappa shape index (κ3) is 2.31. The van der Waals surface area contributed by atoms with E-state index < -0.39 is 0 Å². The van der Waals surface area contributed by atoms with Crippen molar-refractivity contribution in [2.45, 2.75) is 25.8 Å². The Morgan fingerprint density at radius 3 is 2.80 bits per heavy atom. The Hall–Kier alpha value is -2.16. The van der Waals surface area contributed by atoms with Gasteiger partial charge in [-0.3, -0.25) is 0 Å². The zero-order chi connectivity index (χ0) is 14.1. The first-order chi connectivity index (χ1) is 9.67. The Labute approximate surface area is 119 Å². The highest BCUT2D eigenvalue weighted by Crippen LogP contribution is 2.36. The molecule has 104 valence electrons. The van der Waals surface area contributed by atoms with Crippen molar-refractivity contribution in [3.05, 3.63) is 53.1 Å². The number of ether oxygens (including phenoxy) is 1. The number of anilines is 1. The summed E-state index contributed by atoms with van der Waals surface area (Å²) in [6.07, 6.45) is 2.18. The van der Waals surface area contributed by atoms with E-state index in [0.29, 0.717) is 11.8 Å². The van der Waals surface area contributed by atoms with Crippen LogP contribution in [0.3, 0.4) is 0 Å². The summed E-state index contributed by atoms with van der Waals surface area (Å²) in [6.45, 7) is 1.91. The lowest BCUT2D eigenvalue weighted by Crippen LogP contribution is -2.07. The number of hydrogen-bond acceptors (Lipinski definition) is 3. The maximum atomic E-state index is 9.59. The van der Waals surface area contributed by atoms with Gasteiger partial charge in [0, 0.05) is 5.69 Å². The maximum absolute atomic E-state index is 9.59. The second-order valence-corrected chi connectivity index (χ2v) is 5.30. The molecule has 3 heteroatoms. The highest BCUT2D eigenvalue weighted by Gasteiger charge is 2.22. The minimum atomic E-state index is 0.309. The Morgan fingerprint density at radius 1 is 1.20 bits per heavy atom. The molecule has 1 unspecified atom stereocenters. The highest BCUT2D eigenvalue weighted by molar-refractivity contribution is 5.53. The van der Waals surface area contributed by atoms with Crippen LogP contribution >= 0.6 is 0 Å². The van der Waals surface area contributed by atoms with Gasteiger partial charge in [-0.15, -0.1) is 0 Å². The van der Waals surface area contributed by atoms with Crippen LogP contribution in [-0.4, -0.2) is 12.2 Å². The van der Waals surface area contributed by atoms with Crippen molar-refractivity contribution >= 4 is 5.69 Å². The van der Waals surface area contributed by atoms with E-state index in [0.717, 1.165) is 29.8 Å². The van der Waals surface area contributed by atoms with Crippen LogP contribution in [0.5, 0.6) is 11.5 Å². The van der Waals surface area contributed by atoms with Gasteiger partial charge in [0.15, 0.2) is 0 Å². The maximum Gasteiger partial charge on any atom is 0.119 e. The van der Waals surface area contributed by atoms with Crippen LogP contribution in [0.15, 0.2) is 36.4 Å². The second-order valence-electron chi connectivity index (χ2n) is 5.30. The van der Waals surface area contributed by atoms with E-state index in [9.17, 15) is 5.11 Å². The molecule has 0 heterocycles. The summed E-state index contributed by atoms with van der Waals surface area (Å²) in [4.78, 5) is 0. The minimum absolute atomic E-state index is 0.309. The standard InChI is InChI=1S/C17H19NO2/c1-11-9-13(5-8-17(11)19)18-16-7-4-12-3-6-14(20-2)10-15(12)16/h3,5-6,8-10,16,18-19H,4,7H2,1-2H3. The molecule has 3 nitrogen and oxygen atoms in total. The van der Waals surface area contributed by atoms with E-state index in [1.54, 1.807) is 13.2 Å². The molecular formula is C17H19NO2. The smallest absolute Gasteiger partial charge is 0.119 e. The Balaban J connectivity index is 1.85. The third-order valence-corrected chi connectivity index (χ3v) is 3.97. The molecule has 0 spiro atoms. The zero-order valence-electron chi connectivity index (χ0n) is 11.8. The molecule has 1 aliphatic carbocycles. The molecule has 0 amide bonds. The molecule has 1 atom stereocenters. The van der Waals surface area contributed by atoms with Gasteiger partial charge in [0.2, 0.25) is 0 Å². The first kappa shape index (κ1) is 12.9. The van der Waals surface area contributed by atoms with E-state index in [-0.39, 0.29) is 0 Å². The number of phenols is 1. The Kier molecular flexibility index (Phi) is 3.26. The van der Waals surface area contributed by atoms with Crippen LogP contribution in [0.2, 0.25) is 0 Å². The molecule has 1 aliphatic rings. The predicted octanol–water partition coefficient (Wildman–Crippen LogP) is 3.81. The second kappa shape index (κ2) is 5.08. The molecule has 0 aromatic heterocycles. The number of benzene rings is 2. The lowest BCUT2D eigenvalue weighted by atomic mass is 10.1. The molecule has 0 saturated heterocycles. The Morgan fingerprint density at radius 2 is 2.05 bits per heavy atom. The van der Waals surface area contributed by atoms with Crippen LogP contribution in [0.25, 0.3) is 0 Å². The van der Waals surface area contributed by atoms with Crippen molar-refractivity contribution in [3.63, 3.8) is 0 Å². The number of aryl methyl sites for hydroxylation is 2. The summed E-state index contributed by atoms with van der Waals surface area (Å²) >= 11 is 0. The first-order valence-electron chi connectivity index (χ1n) is 6.90. The zero-order valence-corrected chi connectivity index (χ0v) is 11.8. The number of methoxy groups -OCH3 is 1. The van der Waals surface area contributed by atoms with Crippen molar-refractivity contribution < 1.29 is 9.84 Å². The molecule has 0 saturated carbocycles. The molecule has 2 aromatic carbocycles. The van der Waals surface area contributed by atoms with E-state index >= 15 is 0 Å². The molecule has 20 heavy (non-hydrogen) atoms. The largest absolute Gasteiger partial charge is 0.508 e. The number of aromatic hydroxyl groups is 1. The first-order valence-corrected chi connectivity index (χ1v) is 6.90. The number of hydrogen-bond donors (Lipinski definition) is 2. The molecule has 0 fully saturated rings. The fourth-order valence-electron chi connectivity index (χ4n) is 2.80. The highest BCUT2D eigenvalue weighted by atomic mass is 16.5. The van der Waals surface area contributed by atoms with Crippen molar-refractivity contribution in [1.29, 1.82) is 0 Å². The number of fused-ring (bicyclic) bond motifs is 1. The molecule has 2 aromatic rings. The normalized spacial score (nSPS) is 16.8. The molecular weight excluding hydrogens is 250 g/mol. The average Bonchev–Trinajstić information content (AvgIpc) is 2.85.